The molecule has 0 spiro atoms. The third-order valence-corrected chi connectivity index (χ3v) is 3.56. The molecule has 1 aliphatic heterocycles. The Kier molecular flexibility index (Phi) is 4.08. The number of rotatable bonds is 2. The van der Waals surface area contributed by atoms with Gasteiger partial charge in [-0.25, -0.2) is 0 Å². The summed E-state index contributed by atoms with van der Waals surface area (Å²) < 4.78 is 7.01. The van der Waals surface area contributed by atoms with E-state index in [0.717, 1.165) is 12.8 Å². The van der Waals surface area contributed by atoms with E-state index in [1.807, 2.05) is 0 Å². The third-order valence-electron chi connectivity index (χ3n) is 2.89. The molecule has 88 valence electrons. The highest BCUT2D eigenvalue weighted by Gasteiger charge is 2.24. The van der Waals surface area contributed by atoms with Gasteiger partial charge in [0.2, 0.25) is 0 Å². The minimum atomic E-state index is 0.365. The molecule has 1 aromatic carbocycles. The first kappa shape index (κ1) is 12.2. The zero-order valence-corrected chi connectivity index (χ0v) is 11.9. The molecular weight excluding hydrogens is 313 g/mol. The molecule has 16 heavy (non-hydrogen) atoms. The lowest BCUT2D eigenvalue weighted by atomic mass is 9.99. The second-order valence-corrected chi connectivity index (χ2v) is 5.83. The first-order valence-corrected chi connectivity index (χ1v) is 6.89. The van der Waals surface area contributed by atoms with E-state index in [1.54, 1.807) is 0 Å². The molecule has 0 unspecified atom stereocenters. The number of hydrogen-bond donors (Lipinski definition) is 1. The van der Waals surface area contributed by atoms with Gasteiger partial charge in [-0.15, -0.1) is 0 Å². The molecule has 1 saturated heterocycles. The number of halogens is 1. The quantitative estimate of drug-likeness (QED) is 0.835. The summed E-state index contributed by atoms with van der Waals surface area (Å²) in [6, 6.07) is 9.06. The van der Waals surface area contributed by atoms with Gasteiger partial charge >= 0.3 is 0 Å². The number of anilines is 1. The lowest BCUT2D eigenvalue weighted by Gasteiger charge is -2.33. The molecule has 1 heterocycles. The van der Waals surface area contributed by atoms with Gasteiger partial charge < -0.3 is 10.1 Å². The summed E-state index contributed by atoms with van der Waals surface area (Å²) in [5.41, 5.74) is 1.22. The van der Waals surface area contributed by atoms with E-state index in [4.69, 9.17) is 4.74 Å². The molecule has 0 amide bonds. The van der Waals surface area contributed by atoms with Crippen LogP contribution in [0.3, 0.4) is 0 Å². The predicted octanol–water partition coefficient (Wildman–Crippen LogP) is 3.66. The van der Waals surface area contributed by atoms with Gasteiger partial charge in [0, 0.05) is 15.3 Å². The Morgan fingerprint density at radius 2 is 1.94 bits per heavy atom. The average molecular weight is 331 g/mol. The van der Waals surface area contributed by atoms with Gasteiger partial charge in [0.05, 0.1) is 12.2 Å². The van der Waals surface area contributed by atoms with E-state index in [-0.39, 0.29) is 0 Å². The molecule has 1 aliphatic rings. The lowest BCUT2D eigenvalue weighted by molar-refractivity contribution is -0.0337. The van der Waals surface area contributed by atoms with Gasteiger partial charge in [-0.3, -0.25) is 0 Å². The molecule has 1 aromatic rings. The van der Waals surface area contributed by atoms with E-state index in [0.29, 0.717) is 18.2 Å². The number of nitrogens with one attached hydrogen (secondary N) is 1. The van der Waals surface area contributed by atoms with Gasteiger partial charge in [-0.05, 0) is 67.5 Å². The first-order chi connectivity index (χ1) is 7.63. The monoisotopic (exact) mass is 331 g/mol. The van der Waals surface area contributed by atoms with Crippen molar-refractivity contribution in [2.75, 3.05) is 5.32 Å². The van der Waals surface area contributed by atoms with E-state index in [9.17, 15) is 0 Å². The molecular formula is C13H18INO. The Bertz CT molecular complexity index is 346. The molecule has 0 aromatic heterocycles. The van der Waals surface area contributed by atoms with E-state index >= 15 is 0 Å². The zero-order chi connectivity index (χ0) is 11.5. The summed E-state index contributed by atoms with van der Waals surface area (Å²) in [4.78, 5) is 0. The number of benzene rings is 1. The van der Waals surface area contributed by atoms with Crippen molar-refractivity contribution in [2.24, 2.45) is 0 Å². The molecule has 2 nitrogen and oxygen atoms in total. The smallest absolute Gasteiger partial charge is 0.0570 e. The van der Waals surface area contributed by atoms with Crippen LogP contribution in [0.5, 0.6) is 0 Å². The molecule has 0 aliphatic carbocycles. The Morgan fingerprint density at radius 3 is 2.56 bits per heavy atom. The molecule has 0 saturated carbocycles. The summed E-state index contributed by atoms with van der Waals surface area (Å²) in [7, 11) is 0. The zero-order valence-electron chi connectivity index (χ0n) is 9.74. The van der Waals surface area contributed by atoms with Crippen molar-refractivity contribution in [1.82, 2.24) is 0 Å². The van der Waals surface area contributed by atoms with Crippen LogP contribution in [0, 0.1) is 3.57 Å². The highest BCUT2D eigenvalue weighted by Crippen LogP contribution is 2.23. The van der Waals surface area contributed by atoms with Crippen molar-refractivity contribution in [2.45, 2.75) is 44.9 Å². The maximum Gasteiger partial charge on any atom is 0.0570 e. The number of ether oxygens (including phenoxy) is 1. The second kappa shape index (κ2) is 5.36. The van der Waals surface area contributed by atoms with Crippen molar-refractivity contribution < 1.29 is 4.74 Å². The highest BCUT2D eigenvalue weighted by atomic mass is 127. The average Bonchev–Trinajstić information content (AvgIpc) is 2.15. The van der Waals surface area contributed by atoms with Crippen LogP contribution in [0.2, 0.25) is 0 Å². The summed E-state index contributed by atoms with van der Waals surface area (Å²) in [5, 5.41) is 3.60. The van der Waals surface area contributed by atoms with Crippen molar-refractivity contribution >= 4 is 28.3 Å². The predicted molar refractivity (Wildman–Crippen MR) is 75.8 cm³/mol. The molecule has 2 rings (SSSR count). The largest absolute Gasteiger partial charge is 0.382 e. The SMILES string of the molecule is C[C@@H]1CC(Nc2cccc(I)c2)C[C@@H](C)O1. The summed E-state index contributed by atoms with van der Waals surface area (Å²) in [5.74, 6) is 0. The van der Waals surface area contributed by atoms with Crippen molar-refractivity contribution in [1.29, 1.82) is 0 Å². The Hall–Kier alpha value is -0.290. The van der Waals surface area contributed by atoms with Crippen LogP contribution < -0.4 is 5.32 Å². The van der Waals surface area contributed by atoms with Gasteiger partial charge in [0.25, 0.3) is 0 Å². The third kappa shape index (κ3) is 3.35. The van der Waals surface area contributed by atoms with E-state index in [2.05, 4.69) is 66.0 Å². The van der Waals surface area contributed by atoms with Crippen molar-refractivity contribution in [3.05, 3.63) is 27.8 Å². The summed E-state index contributed by atoms with van der Waals surface area (Å²) >= 11 is 2.34. The molecule has 3 heteroatoms. The van der Waals surface area contributed by atoms with Crippen LogP contribution in [0.1, 0.15) is 26.7 Å². The minimum Gasteiger partial charge on any atom is -0.382 e. The number of hydrogen-bond acceptors (Lipinski definition) is 2. The van der Waals surface area contributed by atoms with Gasteiger partial charge in [0.15, 0.2) is 0 Å². The first-order valence-electron chi connectivity index (χ1n) is 5.81. The Balaban J connectivity index is 1.98. The van der Waals surface area contributed by atoms with Crippen LogP contribution in [-0.4, -0.2) is 18.2 Å². The van der Waals surface area contributed by atoms with Crippen molar-refractivity contribution in [3.8, 4) is 0 Å². The molecule has 2 atom stereocenters. The van der Waals surface area contributed by atoms with Crippen LogP contribution in [0.25, 0.3) is 0 Å². The maximum atomic E-state index is 5.74. The minimum absolute atomic E-state index is 0.365. The Morgan fingerprint density at radius 1 is 1.25 bits per heavy atom. The van der Waals surface area contributed by atoms with Crippen molar-refractivity contribution in [3.63, 3.8) is 0 Å². The standard InChI is InChI=1S/C13H18INO/c1-9-6-13(7-10(2)16-9)15-12-5-3-4-11(14)8-12/h3-5,8-10,13,15H,6-7H2,1-2H3/t9-,10-/m1/s1. The van der Waals surface area contributed by atoms with Crippen LogP contribution in [0.15, 0.2) is 24.3 Å². The van der Waals surface area contributed by atoms with Crippen LogP contribution >= 0.6 is 22.6 Å². The summed E-state index contributed by atoms with van der Waals surface area (Å²) in [6.45, 7) is 4.30. The molecule has 1 fully saturated rings. The van der Waals surface area contributed by atoms with Crippen LogP contribution in [-0.2, 0) is 4.74 Å². The lowest BCUT2D eigenvalue weighted by Crippen LogP contribution is -2.36. The highest BCUT2D eigenvalue weighted by molar-refractivity contribution is 14.1. The second-order valence-electron chi connectivity index (χ2n) is 4.58. The fourth-order valence-corrected chi connectivity index (χ4v) is 2.88. The fraction of sp³-hybridized carbons (Fsp3) is 0.538. The molecule has 0 bridgehead atoms. The maximum absolute atomic E-state index is 5.74. The normalized spacial score (nSPS) is 30.1. The van der Waals surface area contributed by atoms with Gasteiger partial charge in [-0.1, -0.05) is 6.07 Å². The topological polar surface area (TPSA) is 21.3 Å². The molecule has 1 N–H and O–H groups in total. The van der Waals surface area contributed by atoms with Gasteiger partial charge in [0.1, 0.15) is 0 Å². The van der Waals surface area contributed by atoms with E-state index < -0.39 is 0 Å². The Labute approximate surface area is 111 Å². The molecule has 0 radical (unpaired) electrons. The van der Waals surface area contributed by atoms with Gasteiger partial charge in [-0.2, -0.15) is 0 Å². The summed E-state index contributed by atoms with van der Waals surface area (Å²) in [6.07, 6.45) is 2.92. The van der Waals surface area contributed by atoms with E-state index in [1.165, 1.54) is 9.26 Å². The fourth-order valence-electron chi connectivity index (χ4n) is 2.34. The van der Waals surface area contributed by atoms with Crippen LogP contribution in [0.4, 0.5) is 5.69 Å².